The highest BCUT2D eigenvalue weighted by atomic mass is 32.1. The highest BCUT2D eigenvalue weighted by molar-refractivity contribution is 7.18. The van der Waals surface area contributed by atoms with E-state index in [4.69, 9.17) is 4.74 Å². The van der Waals surface area contributed by atoms with Crippen molar-refractivity contribution >= 4 is 39.0 Å². The van der Waals surface area contributed by atoms with Crippen molar-refractivity contribution in [2.24, 2.45) is 5.92 Å². The van der Waals surface area contributed by atoms with Gasteiger partial charge in [-0.1, -0.05) is 6.07 Å². The maximum Gasteiger partial charge on any atom is 0.227 e. The molecule has 0 atom stereocenters. The third-order valence-electron chi connectivity index (χ3n) is 6.27. The van der Waals surface area contributed by atoms with E-state index in [1.54, 1.807) is 28.7 Å². The molecule has 10 heteroatoms. The number of piperidine rings is 1. The van der Waals surface area contributed by atoms with Crippen LogP contribution in [0.2, 0.25) is 0 Å². The summed E-state index contributed by atoms with van der Waals surface area (Å²) in [4.78, 5) is 30.5. The van der Waals surface area contributed by atoms with Crippen molar-refractivity contribution in [2.75, 3.05) is 29.9 Å². The van der Waals surface area contributed by atoms with Crippen LogP contribution in [0, 0.1) is 19.8 Å². The van der Waals surface area contributed by atoms with E-state index in [9.17, 15) is 4.79 Å². The number of anilines is 2. The van der Waals surface area contributed by atoms with Crippen LogP contribution in [0.3, 0.4) is 0 Å². The summed E-state index contributed by atoms with van der Waals surface area (Å²) in [5.74, 6) is 1.72. The lowest BCUT2D eigenvalue weighted by atomic mass is 9.95. The van der Waals surface area contributed by atoms with Crippen molar-refractivity contribution in [1.82, 2.24) is 24.7 Å². The molecule has 4 aromatic rings. The van der Waals surface area contributed by atoms with E-state index in [1.165, 1.54) is 16.8 Å². The summed E-state index contributed by atoms with van der Waals surface area (Å²) in [6.07, 6.45) is 6.37. The van der Waals surface area contributed by atoms with Gasteiger partial charge in [-0.15, -0.1) is 11.3 Å². The number of hydrogen-bond donors (Lipinski definition) is 1. The second kappa shape index (κ2) is 9.76. The molecule has 0 bridgehead atoms. The molecule has 1 aromatic carbocycles. The molecular weight excluding hydrogens is 450 g/mol. The molecule has 1 saturated heterocycles. The third-order valence-corrected chi connectivity index (χ3v) is 7.38. The van der Waals surface area contributed by atoms with Crippen molar-refractivity contribution in [3.8, 4) is 5.75 Å². The minimum Gasteiger partial charge on any atom is -0.492 e. The van der Waals surface area contributed by atoms with Crippen LogP contribution in [0.5, 0.6) is 5.75 Å². The van der Waals surface area contributed by atoms with Gasteiger partial charge in [-0.25, -0.2) is 19.6 Å². The lowest BCUT2D eigenvalue weighted by Crippen LogP contribution is -2.38. The van der Waals surface area contributed by atoms with Gasteiger partial charge in [0.15, 0.2) is 0 Å². The topological polar surface area (TPSA) is 98.1 Å². The van der Waals surface area contributed by atoms with Crippen LogP contribution in [-0.2, 0) is 11.3 Å². The molecule has 176 valence electrons. The molecule has 0 aliphatic carbocycles. The average Bonchev–Trinajstić information content (AvgIpc) is 3.47. The summed E-state index contributed by atoms with van der Waals surface area (Å²) < 4.78 is 7.51. The van der Waals surface area contributed by atoms with Gasteiger partial charge in [0.25, 0.3) is 0 Å². The molecule has 0 radical (unpaired) electrons. The molecule has 1 fully saturated rings. The van der Waals surface area contributed by atoms with E-state index in [-0.39, 0.29) is 11.8 Å². The number of aromatic nitrogens is 5. The Morgan fingerprint density at radius 1 is 1.21 bits per heavy atom. The molecule has 5 rings (SSSR count). The number of amides is 1. The summed E-state index contributed by atoms with van der Waals surface area (Å²) >= 11 is 1.71. The van der Waals surface area contributed by atoms with Gasteiger partial charge in [-0.3, -0.25) is 4.79 Å². The monoisotopic (exact) mass is 477 g/mol. The smallest absolute Gasteiger partial charge is 0.227 e. The van der Waals surface area contributed by atoms with Crippen molar-refractivity contribution in [1.29, 1.82) is 0 Å². The first-order valence-corrected chi connectivity index (χ1v) is 12.2. The predicted molar refractivity (Wildman–Crippen MR) is 132 cm³/mol. The number of thiophene rings is 1. The van der Waals surface area contributed by atoms with Gasteiger partial charge in [0.2, 0.25) is 5.91 Å². The van der Waals surface area contributed by atoms with E-state index in [0.717, 1.165) is 47.7 Å². The van der Waals surface area contributed by atoms with Crippen LogP contribution in [0.1, 0.15) is 23.3 Å². The van der Waals surface area contributed by atoms with E-state index in [2.05, 4.69) is 44.1 Å². The first kappa shape index (κ1) is 22.3. The fourth-order valence-corrected chi connectivity index (χ4v) is 5.26. The number of ether oxygens (including phenoxy) is 1. The van der Waals surface area contributed by atoms with Gasteiger partial charge in [-0.05, 0) is 44.4 Å². The SMILES string of the molecule is Cc1sc2ncnc(N3CCC(C(=O)Nc4cccc(OCCn5cncn5)c4)CC3)c2c1C. The number of nitrogens with one attached hydrogen (secondary N) is 1. The van der Waals surface area contributed by atoms with Crippen molar-refractivity contribution in [2.45, 2.75) is 33.2 Å². The van der Waals surface area contributed by atoms with Crippen LogP contribution in [0.15, 0.2) is 43.2 Å². The Kier molecular flexibility index (Phi) is 6.39. The highest BCUT2D eigenvalue weighted by Crippen LogP contribution is 2.35. The second-order valence-electron chi connectivity index (χ2n) is 8.45. The Morgan fingerprint density at radius 2 is 2.06 bits per heavy atom. The molecule has 0 saturated carbocycles. The van der Waals surface area contributed by atoms with E-state index in [1.807, 2.05) is 24.3 Å². The third kappa shape index (κ3) is 4.72. The quantitative estimate of drug-likeness (QED) is 0.432. The van der Waals surface area contributed by atoms with Crippen LogP contribution >= 0.6 is 11.3 Å². The first-order valence-electron chi connectivity index (χ1n) is 11.4. The van der Waals surface area contributed by atoms with Crippen molar-refractivity contribution < 1.29 is 9.53 Å². The molecule has 1 aliphatic rings. The van der Waals surface area contributed by atoms with Gasteiger partial charge in [-0.2, -0.15) is 5.10 Å². The normalized spacial score (nSPS) is 14.5. The summed E-state index contributed by atoms with van der Waals surface area (Å²) in [6.45, 7) is 6.93. The number of rotatable bonds is 7. The summed E-state index contributed by atoms with van der Waals surface area (Å²) in [6, 6.07) is 7.50. The zero-order valence-electron chi connectivity index (χ0n) is 19.3. The number of hydrogen-bond acceptors (Lipinski definition) is 8. The number of aryl methyl sites for hydroxylation is 2. The molecule has 0 spiro atoms. The second-order valence-corrected chi connectivity index (χ2v) is 9.65. The molecule has 34 heavy (non-hydrogen) atoms. The first-order chi connectivity index (χ1) is 16.6. The fraction of sp³-hybridized carbons (Fsp3) is 0.375. The Balaban J connectivity index is 1.17. The molecular formula is C24H27N7O2S. The number of nitrogens with zero attached hydrogens (tertiary/aromatic N) is 6. The van der Waals surface area contributed by atoms with E-state index in [0.29, 0.717) is 18.9 Å². The standard InChI is InChI=1S/C24H27N7O2S/c1-16-17(2)34-24-21(16)22(26-14-27-24)30-8-6-18(7-9-30)23(32)29-19-4-3-5-20(12-19)33-11-10-31-15-25-13-28-31/h3-5,12-15,18H,6-11H2,1-2H3,(H,29,32). The molecule has 1 aliphatic heterocycles. The fourth-order valence-electron chi connectivity index (χ4n) is 4.27. The van der Waals surface area contributed by atoms with Crippen LogP contribution in [0.4, 0.5) is 11.5 Å². The Labute approximate surface area is 201 Å². The van der Waals surface area contributed by atoms with Gasteiger partial charge in [0, 0.05) is 35.6 Å². The summed E-state index contributed by atoms with van der Waals surface area (Å²) in [5.41, 5.74) is 1.99. The maximum absolute atomic E-state index is 12.9. The number of carbonyl (C=O) groups excluding carboxylic acids is 1. The predicted octanol–water partition coefficient (Wildman–Crippen LogP) is 3.83. The Bertz CT molecular complexity index is 1280. The Morgan fingerprint density at radius 3 is 2.85 bits per heavy atom. The van der Waals surface area contributed by atoms with Gasteiger partial charge in [0.05, 0.1) is 11.9 Å². The van der Waals surface area contributed by atoms with Gasteiger partial charge < -0.3 is 15.0 Å². The molecule has 0 unspecified atom stereocenters. The highest BCUT2D eigenvalue weighted by Gasteiger charge is 2.27. The van der Waals surface area contributed by atoms with E-state index < -0.39 is 0 Å². The van der Waals surface area contributed by atoms with Gasteiger partial charge >= 0.3 is 0 Å². The largest absolute Gasteiger partial charge is 0.492 e. The lowest BCUT2D eigenvalue weighted by Gasteiger charge is -2.32. The summed E-state index contributed by atoms with van der Waals surface area (Å²) in [7, 11) is 0. The lowest BCUT2D eigenvalue weighted by molar-refractivity contribution is -0.120. The zero-order chi connectivity index (χ0) is 23.5. The zero-order valence-corrected chi connectivity index (χ0v) is 20.1. The molecule has 9 nitrogen and oxygen atoms in total. The minimum absolute atomic E-state index is 0.0317. The number of fused-ring (bicyclic) bond motifs is 1. The van der Waals surface area contributed by atoms with Crippen LogP contribution in [0.25, 0.3) is 10.2 Å². The van der Waals surface area contributed by atoms with Crippen molar-refractivity contribution in [3.63, 3.8) is 0 Å². The maximum atomic E-state index is 12.9. The van der Waals surface area contributed by atoms with Crippen molar-refractivity contribution in [3.05, 3.63) is 53.7 Å². The van der Waals surface area contributed by atoms with Gasteiger partial charge in [0.1, 0.15) is 42.0 Å². The molecule has 1 amide bonds. The summed E-state index contributed by atoms with van der Waals surface area (Å²) in [5, 5.41) is 8.27. The number of carbonyl (C=O) groups is 1. The van der Waals surface area contributed by atoms with E-state index >= 15 is 0 Å². The Hall–Kier alpha value is -3.53. The minimum atomic E-state index is -0.0317. The average molecular weight is 478 g/mol. The van der Waals surface area contributed by atoms with Crippen LogP contribution < -0.4 is 15.0 Å². The van der Waals surface area contributed by atoms with Crippen LogP contribution in [-0.4, -0.2) is 50.3 Å². The molecule has 3 aromatic heterocycles. The number of benzene rings is 1. The molecule has 1 N–H and O–H groups in total. The molecule has 4 heterocycles.